The predicted octanol–water partition coefficient (Wildman–Crippen LogP) is 3.90. The van der Waals surface area contributed by atoms with Gasteiger partial charge in [-0.05, 0) is 87.9 Å². The molecule has 8 nitrogen and oxygen atoms in total. The zero-order valence-electron chi connectivity index (χ0n) is 21.9. The van der Waals surface area contributed by atoms with Gasteiger partial charge in [0.15, 0.2) is 0 Å². The summed E-state index contributed by atoms with van der Waals surface area (Å²) in [5.74, 6) is 1.13. The molecule has 5 rings (SSSR count). The van der Waals surface area contributed by atoms with Crippen LogP contribution in [0, 0.1) is 5.92 Å². The van der Waals surface area contributed by atoms with E-state index in [0.29, 0.717) is 17.4 Å². The Morgan fingerprint density at radius 1 is 1.08 bits per heavy atom. The molecule has 0 unspecified atom stereocenters. The van der Waals surface area contributed by atoms with Crippen molar-refractivity contribution in [2.45, 2.75) is 58.0 Å². The van der Waals surface area contributed by atoms with Crippen molar-refractivity contribution in [3.8, 4) is 0 Å². The zero-order chi connectivity index (χ0) is 25.9. The normalized spacial score (nSPS) is 18.0. The van der Waals surface area contributed by atoms with Crippen LogP contribution in [0.4, 0.5) is 5.82 Å². The van der Waals surface area contributed by atoms with Gasteiger partial charge in [0, 0.05) is 48.7 Å². The Morgan fingerprint density at radius 2 is 1.81 bits per heavy atom. The third kappa shape index (κ3) is 5.64. The summed E-state index contributed by atoms with van der Waals surface area (Å²) in [6, 6.07) is 12.1. The van der Waals surface area contributed by atoms with Crippen molar-refractivity contribution in [1.29, 1.82) is 0 Å². The van der Waals surface area contributed by atoms with Crippen molar-refractivity contribution >= 4 is 28.5 Å². The Balaban J connectivity index is 1.19. The van der Waals surface area contributed by atoms with Gasteiger partial charge in [-0.25, -0.2) is 4.98 Å². The van der Waals surface area contributed by atoms with E-state index in [4.69, 9.17) is 5.73 Å². The molecule has 0 atom stereocenters. The number of nitrogen functional groups attached to an aromatic ring is 1. The number of para-hydroxylation sites is 1. The molecule has 1 aromatic carbocycles. The van der Waals surface area contributed by atoms with Crippen molar-refractivity contribution in [2.75, 3.05) is 31.9 Å². The zero-order valence-corrected chi connectivity index (χ0v) is 21.9. The lowest BCUT2D eigenvalue weighted by molar-refractivity contribution is -0.138. The molecule has 0 spiro atoms. The highest BCUT2D eigenvalue weighted by molar-refractivity contribution is 6.01. The summed E-state index contributed by atoms with van der Waals surface area (Å²) in [5.41, 5.74) is 9.75. The maximum Gasteiger partial charge on any atom is 0.268 e. The number of nitrogens with one attached hydrogen (secondary N) is 2. The number of aromatic nitrogens is 2. The lowest BCUT2D eigenvalue weighted by atomic mass is 9.86. The molecule has 2 aromatic heterocycles. The monoisotopic (exact) mass is 502 g/mol. The average Bonchev–Trinajstić information content (AvgIpc) is 3.28. The fraction of sp³-hybridized carbons (Fsp3) is 0.483. The van der Waals surface area contributed by atoms with Gasteiger partial charge in [0.05, 0.1) is 0 Å². The third-order valence-corrected chi connectivity index (χ3v) is 7.80. The van der Waals surface area contributed by atoms with Gasteiger partial charge in [-0.15, -0.1) is 0 Å². The second kappa shape index (κ2) is 10.9. The van der Waals surface area contributed by atoms with Crippen molar-refractivity contribution < 1.29 is 9.59 Å². The van der Waals surface area contributed by atoms with Gasteiger partial charge in [0.1, 0.15) is 11.5 Å². The minimum Gasteiger partial charge on any atom is -0.384 e. The molecule has 8 heteroatoms. The third-order valence-electron chi connectivity index (χ3n) is 7.80. The number of amides is 2. The second-order valence-corrected chi connectivity index (χ2v) is 10.8. The van der Waals surface area contributed by atoms with E-state index >= 15 is 0 Å². The fourth-order valence-corrected chi connectivity index (χ4v) is 5.94. The van der Waals surface area contributed by atoms with E-state index in [1.165, 1.54) is 0 Å². The molecule has 2 fully saturated rings. The maximum absolute atomic E-state index is 13.4. The Bertz CT molecular complexity index is 1250. The first-order chi connectivity index (χ1) is 17.9. The first kappa shape index (κ1) is 25.3. The van der Waals surface area contributed by atoms with E-state index in [1.807, 2.05) is 44.2 Å². The number of hydrogen-bond donors (Lipinski definition) is 3. The van der Waals surface area contributed by atoms with Crippen LogP contribution < -0.4 is 11.1 Å². The van der Waals surface area contributed by atoms with Gasteiger partial charge in [0.2, 0.25) is 5.91 Å². The summed E-state index contributed by atoms with van der Waals surface area (Å²) in [4.78, 5) is 38.3. The number of piperidine rings is 2. The van der Waals surface area contributed by atoms with E-state index in [0.717, 1.165) is 80.4 Å². The summed E-state index contributed by atoms with van der Waals surface area (Å²) < 4.78 is 0. The number of hydrogen-bond acceptors (Lipinski definition) is 5. The fourth-order valence-electron chi connectivity index (χ4n) is 5.94. The minimum atomic E-state index is -0.0547. The largest absolute Gasteiger partial charge is 0.384 e. The van der Waals surface area contributed by atoms with Crippen molar-refractivity contribution in [1.82, 2.24) is 25.1 Å². The maximum atomic E-state index is 13.4. The predicted molar refractivity (Wildman–Crippen MR) is 146 cm³/mol. The molecule has 3 aromatic rings. The standard InChI is InChI=1S/C29H38N6O2/c1-19(2)32-28(36)27-26(23-5-3-4-6-24(23)33-27)21-10-15-35(16-11-21)29(37)22-8-13-34(14-9-22)18-20-7-12-31-25(30)17-20/h3-7,12,17,19,21-22,33H,8-11,13-16,18H2,1-2H3,(H2,30,31)(H,32,36). The average molecular weight is 503 g/mol. The quantitative estimate of drug-likeness (QED) is 0.474. The van der Waals surface area contributed by atoms with Crippen LogP contribution in [0.25, 0.3) is 10.9 Å². The summed E-state index contributed by atoms with van der Waals surface area (Å²) in [6.45, 7) is 8.11. The van der Waals surface area contributed by atoms with Gasteiger partial charge in [-0.1, -0.05) is 18.2 Å². The van der Waals surface area contributed by atoms with E-state index < -0.39 is 0 Å². The van der Waals surface area contributed by atoms with Crippen LogP contribution in [0.3, 0.4) is 0 Å². The van der Waals surface area contributed by atoms with E-state index in [1.54, 1.807) is 6.20 Å². The number of carbonyl (C=O) groups is 2. The molecule has 2 aliphatic heterocycles. The summed E-state index contributed by atoms with van der Waals surface area (Å²) in [7, 11) is 0. The van der Waals surface area contributed by atoms with Crippen LogP contribution >= 0.6 is 0 Å². The number of rotatable bonds is 6. The number of likely N-dealkylation sites (tertiary alicyclic amines) is 2. The van der Waals surface area contributed by atoms with Gasteiger partial charge >= 0.3 is 0 Å². The van der Waals surface area contributed by atoms with Gasteiger partial charge < -0.3 is 20.9 Å². The first-order valence-corrected chi connectivity index (χ1v) is 13.5. The molecular weight excluding hydrogens is 464 g/mol. The first-order valence-electron chi connectivity index (χ1n) is 13.5. The van der Waals surface area contributed by atoms with Crippen molar-refractivity contribution in [3.05, 3.63) is 59.4 Å². The van der Waals surface area contributed by atoms with Gasteiger partial charge in [0.25, 0.3) is 5.91 Å². The van der Waals surface area contributed by atoms with Crippen LogP contribution in [-0.4, -0.2) is 63.8 Å². The van der Waals surface area contributed by atoms with Crippen molar-refractivity contribution in [2.24, 2.45) is 5.92 Å². The van der Waals surface area contributed by atoms with Crippen LogP contribution in [-0.2, 0) is 11.3 Å². The molecule has 2 aliphatic rings. The molecule has 4 heterocycles. The van der Waals surface area contributed by atoms with E-state index in [2.05, 4.69) is 31.2 Å². The number of aromatic amines is 1. The van der Waals surface area contributed by atoms with Crippen LogP contribution in [0.1, 0.15) is 67.1 Å². The lowest BCUT2D eigenvalue weighted by Gasteiger charge is -2.37. The second-order valence-electron chi connectivity index (χ2n) is 10.8. The number of fused-ring (bicyclic) bond motifs is 1. The highest BCUT2D eigenvalue weighted by Crippen LogP contribution is 2.36. The Kier molecular flexibility index (Phi) is 7.46. The summed E-state index contributed by atoms with van der Waals surface area (Å²) >= 11 is 0. The molecule has 196 valence electrons. The summed E-state index contributed by atoms with van der Waals surface area (Å²) in [5, 5.41) is 4.16. The lowest BCUT2D eigenvalue weighted by Crippen LogP contribution is -2.45. The number of pyridine rings is 1. The SMILES string of the molecule is CC(C)NC(=O)c1[nH]c2ccccc2c1C1CCN(C(=O)C2CCN(Cc3ccnc(N)c3)CC2)CC1. The Hall–Kier alpha value is -3.39. The molecule has 37 heavy (non-hydrogen) atoms. The molecule has 2 amide bonds. The molecular formula is C29H38N6O2. The molecule has 0 aliphatic carbocycles. The smallest absolute Gasteiger partial charge is 0.268 e. The molecule has 2 saturated heterocycles. The number of H-pyrrole nitrogens is 1. The number of benzene rings is 1. The molecule has 0 saturated carbocycles. The van der Waals surface area contributed by atoms with E-state index in [9.17, 15) is 9.59 Å². The van der Waals surface area contributed by atoms with Crippen LogP contribution in [0.2, 0.25) is 0 Å². The highest BCUT2D eigenvalue weighted by Gasteiger charge is 2.33. The number of anilines is 1. The Labute approximate surface area is 218 Å². The Morgan fingerprint density at radius 3 is 2.51 bits per heavy atom. The summed E-state index contributed by atoms with van der Waals surface area (Å²) in [6.07, 6.45) is 5.28. The van der Waals surface area contributed by atoms with Crippen LogP contribution in [0.5, 0.6) is 0 Å². The van der Waals surface area contributed by atoms with Gasteiger partial charge in [-0.3, -0.25) is 14.5 Å². The number of nitrogens with zero attached hydrogens (tertiary/aromatic N) is 3. The topological polar surface area (TPSA) is 107 Å². The number of nitrogens with two attached hydrogens (primary N) is 1. The minimum absolute atomic E-state index is 0.0547. The molecule has 4 N–H and O–H groups in total. The number of carbonyl (C=O) groups excluding carboxylic acids is 2. The van der Waals surface area contributed by atoms with E-state index in [-0.39, 0.29) is 23.8 Å². The highest BCUT2D eigenvalue weighted by atomic mass is 16.2. The molecule has 0 bridgehead atoms. The molecule has 0 radical (unpaired) electrons. The van der Waals surface area contributed by atoms with Crippen molar-refractivity contribution in [3.63, 3.8) is 0 Å². The van der Waals surface area contributed by atoms with Crippen LogP contribution in [0.15, 0.2) is 42.6 Å². The van der Waals surface area contributed by atoms with Gasteiger partial charge in [-0.2, -0.15) is 0 Å².